The maximum Gasteiger partial charge on any atom is 0.335 e. The Labute approximate surface area is 276 Å². The van der Waals surface area contributed by atoms with Crippen LogP contribution in [0.4, 0.5) is 5.69 Å². The zero-order valence-electron chi connectivity index (χ0n) is 25.4. The first-order valence-electron chi connectivity index (χ1n) is 15.4. The molecule has 47 heavy (non-hydrogen) atoms. The van der Waals surface area contributed by atoms with Crippen LogP contribution >= 0.6 is 11.6 Å². The molecule has 4 aromatic rings. The van der Waals surface area contributed by atoms with Crippen LogP contribution in [0, 0.1) is 0 Å². The third kappa shape index (κ3) is 7.74. The van der Waals surface area contributed by atoms with Crippen LogP contribution in [0.3, 0.4) is 0 Å². The van der Waals surface area contributed by atoms with Crippen molar-refractivity contribution in [3.63, 3.8) is 0 Å². The number of nitrogens with one attached hydrogen (secondary N) is 2. The van der Waals surface area contributed by atoms with E-state index in [1.807, 2.05) is 30.3 Å². The molecule has 0 aliphatic carbocycles. The van der Waals surface area contributed by atoms with Crippen molar-refractivity contribution in [3.05, 3.63) is 107 Å². The summed E-state index contributed by atoms with van der Waals surface area (Å²) in [6.45, 7) is 1.93. The van der Waals surface area contributed by atoms with Crippen LogP contribution in [0.25, 0.3) is 11.8 Å². The predicted molar refractivity (Wildman–Crippen MR) is 175 cm³/mol. The first-order valence-corrected chi connectivity index (χ1v) is 15.8. The van der Waals surface area contributed by atoms with E-state index >= 15 is 0 Å². The topological polar surface area (TPSA) is 152 Å². The van der Waals surface area contributed by atoms with Crippen LogP contribution in [0.5, 0.6) is 0 Å². The Hall–Kier alpha value is -4.91. The second-order valence-corrected chi connectivity index (χ2v) is 12.0. The van der Waals surface area contributed by atoms with Gasteiger partial charge in [0.05, 0.1) is 23.5 Å². The maximum absolute atomic E-state index is 14.2. The van der Waals surface area contributed by atoms with Crippen molar-refractivity contribution < 1.29 is 24.2 Å². The number of ether oxygens (including phenoxy) is 1. The second-order valence-electron chi connectivity index (χ2n) is 11.6. The molecule has 13 heteroatoms. The highest BCUT2D eigenvalue weighted by Gasteiger charge is 2.44. The highest BCUT2D eigenvalue weighted by atomic mass is 35.5. The molecule has 1 aromatic heterocycles. The SMILES string of the molecule is O=C(O)c1ccc(NC(=O)C2C(c3ccccc3)CC(OC3CCNCC3)CN2C(=O)/C=C/c2cc(Cl)ccc2-n2cnnn2)cc1. The first-order chi connectivity index (χ1) is 22.9. The quantitative estimate of drug-likeness (QED) is 0.226. The summed E-state index contributed by atoms with van der Waals surface area (Å²) in [6.07, 6.45) is 6.53. The summed E-state index contributed by atoms with van der Waals surface area (Å²) in [7, 11) is 0. The molecule has 3 atom stereocenters. The number of tetrazole rings is 1. The van der Waals surface area contributed by atoms with Gasteiger partial charge >= 0.3 is 5.97 Å². The molecule has 242 valence electrons. The summed E-state index contributed by atoms with van der Waals surface area (Å²) >= 11 is 6.31. The van der Waals surface area contributed by atoms with Crippen LogP contribution in [-0.2, 0) is 14.3 Å². The number of carboxylic acid groups (broad SMARTS) is 1. The highest BCUT2D eigenvalue weighted by molar-refractivity contribution is 6.30. The number of likely N-dealkylation sites (tertiary alicyclic amines) is 1. The van der Waals surface area contributed by atoms with Crippen LogP contribution in [0.15, 0.2) is 85.2 Å². The summed E-state index contributed by atoms with van der Waals surface area (Å²) < 4.78 is 8.08. The normalized spacial score (nSPS) is 20.3. The van der Waals surface area contributed by atoms with E-state index in [0.29, 0.717) is 28.4 Å². The lowest BCUT2D eigenvalue weighted by Gasteiger charge is -2.44. The number of nitrogens with zero attached hydrogens (tertiary/aromatic N) is 5. The molecule has 0 radical (unpaired) electrons. The Morgan fingerprint density at radius 3 is 2.47 bits per heavy atom. The average Bonchev–Trinajstić information content (AvgIpc) is 3.63. The van der Waals surface area contributed by atoms with Crippen molar-refractivity contribution in [2.45, 2.75) is 43.4 Å². The number of piperidine rings is 2. The summed E-state index contributed by atoms with van der Waals surface area (Å²) in [5, 5.41) is 27.4. The minimum absolute atomic E-state index is 0.0496. The number of carboxylic acids is 1. The number of rotatable bonds is 9. The number of carbonyl (C=O) groups is 3. The lowest BCUT2D eigenvalue weighted by atomic mass is 9.81. The molecular formula is C34H34ClN7O5. The van der Waals surface area contributed by atoms with Gasteiger partial charge in [-0.2, -0.15) is 4.68 Å². The molecule has 3 N–H and O–H groups in total. The van der Waals surface area contributed by atoms with Gasteiger partial charge in [-0.15, -0.1) is 5.10 Å². The van der Waals surface area contributed by atoms with Crippen molar-refractivity contribution in [1.82, 2.24) is 30.4 Å². The number of carbonyl (C=O) groups excluding carboxylic acids is 2. The van der Waals surface area contributed by atoms with E-state index in [9.17, 15) is 19.5 Å². The Kier molecular flexibility index (Phi) is 10.0. The minimum Gasteiger partial charge on any atom is -0.478 e. The van der Waals surface area contributed by atoms with Gasteiger partial charge in [-0.1, -0.05) is 41.9 Å². The summed E-state index contributed by atoms with van der Waals surface area (Å²) in [5.41, 5.74) is 2.66. The van der Waals surface area contributed by atoms with E-state index in [0.717, 1.165) is 31.5 Å². The fourth-order valence-electron chi connectivity index (χ4n) is 6.22. The molecule has 2 fully saturated rings. The Morgan fingerprint density at radius 2 is 1.77 bits per heavy atom. The summed E-state index contributed by atoms with van der Waals surface area (Å²) in [5.74, 6) is -2.21. The van der Waals surface area contributed by atoms with Gasteiger partial charge in [0, 0.05) is 34.8 Å². The van der Waals surface area contributed by atoms with Gasteiger partial charge in [-0.3, -0.25) is 9.59 Å². The molecule has 3 aromatic carbocycles. The fraction of sp³-hybridized carbons (Fsp3) is 0.294. The maximum atomic E-state index is 14.2. The number of aromatic nitrogens is 4. The number of anilines is 1. The van der Waals surface area contributed by atoms with Gasteiger partial charge in [-0.25, -0.2) is 4.79 Å². The van der Waals surface area contributed by atoms with E-state index in [-0.39, 0.29) is 42.0 Å². The molecule has 2 amide bonds. The van der Waals surface area contributed by atoms with Gasteiger partial charge in [0.25, 0.3) is 0 Å². The van der Waals surface area contributed by atoms with E-state index in [4.69, 9.17) is 16.3 Å². The molecule has 2 aliphatic heterocycles. The van der Waals surface area contributed by atoms with Crippen LogP contribution in [-0.4, -0.2) is 85.9 Å². The van der Waals surface area contributed by atoms with Gasteiger partial charge < -0.3 is 25.4 Å². The lowest BCUT2D eigenvalue weighted by Crippen LogP contribution is -2.57. The number of halogens is 1. The molecule has 0 saturated carbocycles. The largest absolute Gasteiger partial charge is 0.478 e. The average molecular weight is 656 g/mol. The smallest absolute Gasteiger partial charge is 0.335 e. The third-order valence-corrected chi connectivity index (χ3v) is 8.71. The van der Waals surface area contributed by atoms with Gasteiger partial charge in [0.15, 0.2) is 0 Å². The molecule has 0 bridgehead atoms. The zero-order valence-corrected chi connectivity index (χ0v) is 26.2. The first kappa shape index (κ1) is 32.0. The lowest BCUT2D eigenvalue weighted by molar-refractivity contribution is -0.145. The molecule has 2 aliphatic rings. The van der Waals surface area contributed by atoms with E-state index in [1.165, 1.54) is 41.4 Å². The van der Waals surface area contributed by atoms with Crippen molar-refractivity contribution in [2.75, 3.05) is 25.0 Å². The Morgan fingerprint density at radius 1 is 1.00 bits per heavy atom. The number of hydrogen-bond donors (Lipinski definition) is 3. The van der Waals surface area contributed by atoms with Crippen LogP contribution in [0.2, 0.25) is 5.02 Å². The van der Waals surface area contributed by atoms with Crippen LogP contribution in [0.1, 0.15) is 46.7 Å². The molecule has 6 rings (SSSR count). The molecule has 2 saturated heterocycles. The molecule has 0 spiro atoms. The van der Waals surface area contributed by atoms with Crippen molar-refractivity contribution >= 4 is 41.1 Å². The number of aromatic carboxylic acids is 1. The standard InChI is InChI=1S/C34H34ClN7O5/c35-25-9-12-30(42-21-37-39-40-42)24(18-25)8-13-31(43)41-20-28(47-27-14-16-36-17-15-27)19-29(22-4-2-1-3-5-22)32(41)33(44)38-26-10-6-23(7-11-26)34(45)46/h1-13,18,21,27-29,32,36H,14-17,19-20H2,(H,38,44)(H,45,46)/b13-8+. The Balaban J connectivity index is 1.34. The van der Waals surface area contributed by atoms with Crippen molar-refractivity contribution in [2.24, 2.45) is 0 Å². The molecule has 12 nitrogen and oxygen atoms in total. The molecule has 3 unspecified atom stereocenters. The molecule has 3 heterocycles. The molecular weight excluding hydrogens is 622 g/mol. The predicted octanol–water partition coefficient (Wildman–Crippen LogP) is 4.19. The second kappa shape index (κ2) is 14.7. The number of hydrogen-bond acceptors (Lipinski definition) is 8. The van der Waals surface area contributed by atoms with E-state index in [1.54, 1.807) is 29.2 Å². The highest BCUT2D eigenvalue weighted by Crippen LogP contribution is 2.36. The van der Waals surface area contributed by atoms with Gasteiger partial charge in [0.2, 0.25) is 11.8 Å². The minimum atomic E-state index is -1.06. The van der Waals surface area contributed by atoms with Gasteiger partial charge in [-0.05, 0) is 96.9 Å². The van der Waals surface area contributed by atoms with E-state index in [2.05, 4.69) is 26.2 Å². The zero-order chi connectivity index (χ0) is 32.8. The van der Waals surface area contributed by atoms with Crippen molar-refractivity contribution in [1.29, 1.82) is 0 Å². The number of benzene rings is 3. The summed E-state index contributed by atoms with van der Waals surface area (Å²) in [4.78, 5) is 41.3. The number of amides is 2. The third-order valence-electron chi connectivity index (χ3n) is 8.47. The van der Waals surface area contributed by atoms with Crippen LogP contribution < -0.4 is 10.6 Å². The monoisotopic (exact) mass is 655 g/mol. The fourth-order valence-corrected chi connectivity index (χ4v) is 6.40. The van der Waals surface area contributed by atoms with Crippen molar-refractivity contribution in [3.8, 4) is 5.69 Å². The summed E-state index contributed by atoms with van der Waals surface area (Å²) in [6, 6.07) is 19.9. The van der Waals surface area contributed by atoms with E-state index < -0.39 is 12.0 Å². The Bertz CT molecular complexity index is 1730. The van der Waals surface area contributed by atoms with Gasteiger partial charge in [0.1, 0.15) is 12.4 Å².